The summed E-state index contributed by atoms with van der Waals surface area (Å²) in [6.45, 7) is 6.90. The number of hydrogen-bond donors (Lipinski definition) is 1. The van der Waals surface area contributed by atoms with Crippen molar-refractivity contribution in [3.8, 4) is 0 Å². The first-order chi connectivity index (χ1) is 9.95. The molecule has 1 atom stereocenters. The minimum Gasteiger partial charge on any atom is -0.387 e. The molecule has 0 aliphatic carbocycles. The predicted molar refractivity (Wildman–Crippen MR) is 83.5 cm³/mol. The van der Waals surface area contributed by atoms with Gasteiger partial charge < -0.3 is 5.11 Å². The average molecular weight is 311 g/mol. The summed E-state index contributed by atoms with van der Waals surface area (Å²) in [5, 5.41) is 19.6. The van der Waals surface area contributed by atoms with Gasteiger partial charge in [0.1, 0.15) is 0 Å². The minimum atomic E-state index is -0.606. The first-order valence-corrected chi connectivity index (χ1v) is 7.71. The van der Waals surface area contributed by atoms with Crippen LogP contribution in [0.2, 0.25) is 5.02 Å². The van der Waals surface area contributed by atoms with Gasteiger partial charge in [0.05, 0.1) is 28.7 Å². The molecule has 0 bridgehead atoms. The van der Waals surface area contributed by atoms with Gasteiger partial charge in [0.2, 0.25) is 0 Å². The Labute approximate surface area is 130 Å². The first-order valence-electron chi connectivity index (χ1n) is 7.34. The first kappa shape index (κ1) is 16.0. The van der Waals surface area contributed by atoms with Gasteiger partial charge in [-0.1, -0.05) is 18.5 Å². The molecule has 0 saturated carbocycles. The van der Waals surface area contributed by atoms with Crippen LogP contribution in [0.3, 0.4) is 0 Å². The van der Waals surface area contributed by atoms with E-state index >= 15 is 0 Å². The molecule has 0 aromatic carbocycles. The standard InChI is InChI=1S/C15H23ClN4O/c1-5-8-20-15(13(16)9-17-20)14(21)7-6-12-10(2)18-19(4)11(12)3/h9,14,21H,5-8H2,1-4H3. The molecule has 2 rings (SSSR count). The Bertz CT molecular complexity index is 617. The van der Waals surface area contributed by atoms with Gasteiger partial charge in [-0.25, -0.2) is 0 Å². The second-order valence-electron chi connectivity index (χ2n) is 5.43. The molecule has 2 heterocycles. The van der Waals surface area contributed by atoms with Crippen LogP contribution in [0, 0.1) is 13.8 Å². The maximum Gasteiger partial charge on any atom is 0.0975 e. The van der Waals surface area contributed by atoms with Crippen molar-refractivity contribution in [2.75, 3.05) is 0 Å². The van der Waals surface area contributed by atoms with Crippen LogP contribution in [0.4, 0.5) is 0 Å². The van der Waals surface area contributed by atoms with E-state index in [0.29, 0.717) is 11.4 Å². The molecule has 0 radical (unpaired) electrons. The molecular formula is C15H23ClN4O. The van der Waals surface area contributed by atoms with E-state index in [4.69, 9.17) is 11.6 Å². The SMILES string of the molecule is CCCn1ncc(Cl)c1C(O)CCc1c(C)nn(C)c1C. The van der Waals surface area contributed by atoms with Crippen molar-refractivity contribution in [2.45, 2.75) is 52.7 Å². The lowest BCUT2D eigenvalue weighted by atomic mass is 10.0. The molecule has 2 aromatic heterocycles. The lowest BCUT2D eigenvalue weighted by Gasteiger charge is -2.14. The van der Waals surface area contributed by atoms with Crippen molar-refractivity contribution in [1.29, 1.82) is 0 Å². The quantitative estimate of drug-likeness (QED) is 0.892. The summed E-state index contributed by atoms with van der Waals surface area (Å²) in [4.78, 5) is 0. The Kier molecular flexibility index (Phi) is 5.06. The van der Waals surface area contributed by atoms with Crippen LogP contribution in [0.25, 0.3) is 0 Å². The molecule has 0 aliphatic heterocycles. The molecule has 116 valence electrons. The topological polar surface area (TPSA) is 55.9 Å². The van der Waals surface area contributed by atoms with E-state index in [1.807, 2.05) is 18.7 Å². The molecule has 0 saturated heterocycles. The number of aromatic nitrogens is 4. The zero-order chi connectivity index (χ0) is 15.6. The lowest BCUT2D eigenvalue weighted by molar-refractivity contribution is 0.156. The second kappa shape index (κ2) is 6.62. The summed E-state index contributed by atoms with van der Waals surface area (Å²) in [6, 6.07) is 0. The van der Waals surface area contributed by atoms with Gasteiger partial charge in [0.25, 0.3) is 0 Å². The normalized spacial score (nSPS) is 12.9. The number of aryl methyl sites for hydroxylation is 3. The van der Waals surface area contributed by atoms with Crippen LogP contribution in [-0.4, -0.2) is 24.7 Å². The third-order valence-electron chi connectivity index (χ3n) is 3.91. The van der Waals surface area contributed by atoms with E-state index < -0.39 is 6.10 Å². The molecule has 0 aliphatic rings. The van der Waals surface area contributed by atoms with Crippen LogP contribution < -0.4 is 0 Å². The third-order valence-corrected chi connectivity index (χ3v) is 4.20. The van der Waals surface area contributed by atoms with Crippen LogP contribution in [0.15, 0.2) is 6.20 Å². The molecule has 0 fully saturated rings. The van der Waals surface area contributed by atoms with Crippen molar-refractivity contribution < 1.29 is 5.11 Å². The Morgan fingerprint density at radius 3 is 2.67 bits per heavy atom. The Hall–Kier alpha value is -1.33. The van der Waals surface area contributed by atoms with Crippen LogP contribution in [-0.2, 0) is 20.0 Å². The van der Waals surface area contributed by atoms with E-state index in [1.165, 1.54) is 5.56 Å². The maximum atomic E-state index is 10.5. The van der Waals surface area contributed by atoms with E-state index in [0.717, 1.165) is 36.5 Å². The van der Waals surface area contributed by atoms with Gasteiger partial charge >= 0.3 is 0 Å². The third kappa shape index (κ3) is 3.30. The van der Waals surface area contributed by atoms with Crippen molar-refractivity contribution in [3.05, 3.63) is 33.9 Å². The summed E-state index contributed by atoms with van der Waals surface area (Å²) < 4.78 is 3.68. The van der Waals surface area contributed by atoms with Crippen molar-refractivity contribution in [1.82, 2.24) is 19.6 Å². The predicted octanol–water partition coefficient (Wildman–Crippen LogP) is 2.96. The second-order valence-corrected chi connectivity index (χ2v) is 5.84. The number of aliphatic hydroxyl groups is 1. The number of aliphatic hydroxyl groups excluding tert-OH is 1. The fourth-order valence-corrected chi connectivity index (χ4v) is 2.96. The largest absolute Gasteiger partial charge is 0.387 e. The Morgan fingerprint density at radius 1 is 1.38 bits per heavy atom. The van der Waals surface area contributed by atoms with Crippen molar-refractivity contribution >= 4 is 11.6 Å². The van der Waals surface area contributed by atoms with Gasteiger partial charge in [-0.2, -0.15) is 10.2 Å². The van der Waals surface area contributed by atoms with E-state index in [-0.39, 0.29) is 0 Å². The number of nitrogens with zero attached hydrogens (tertiary/aromatic N) is 4. The molecule has 1 N–H and O–H groups in total. The molecule has 1 unspecified atom stereocenters. The van der Waals surface area contributed by atoms with Crippen molar-refractivity contribution in [3.63, 3.8) is 0 Å². The highest BCUT2D eigenvalue weighted by atomic mass is 35.5. The van der Waals surface area contributed by atoms with Crippen molar-refractivity contribution in [2.24, 2.45) is 7.05 Å². The highest BCUT2D eigenvalue weighted by Gasteiger charge is 2.19. The molecule has 2 aromatic rings. The average Bonchev–Trinajstić information content (AvgIpc) is 2.90. The van der Waals surface area contributed by atoms with Gasteiger partial charge in [-0.15, -0.1) is 0 Å². The van der Waals surface area contributed by atoms with Gasteiger partial charge in [-0.05, 0) is 38.7 Å². The molecule has 6 heteroatoms. The highest BCUT2D eigenvalue weighted by molar-refractivity contribution is 6.31. The van der Waals surface area contributed by atoms with Crippen LogP contribution in [0.5, 0.6) is 0 Å². The maximum absolute atomic E-state index is 10.5. The zero-order valence-electron chi connectivity index (χ0n) is 13.1. The summed E-state index contributed by atoms with van der Waals surface area (Å²) in [5.74, 6) is 0. The van der Waals surface area contributed by atoms with Crippen LogP contribution in [0.1, 0.15) is 48.5 Å². The number of halogens is 1. The van der Waals surface area contributed by atoms with E-state index in [1.54, 1.807) is 10.9 Å². The smallest absolute Gasteiger partial charge is 0.0975 e. The molecule has 0 spiro atoms. The highest BCUT2D eigenvalue weighted by Crippen LogP contribution is 2.27. The zero-order valence-corrected chi connectivity index (χ0v) is 13.9. The Morgan fingerprint density at radius 2 is 2.10 bits per heavy atom. The molecule has 0 amide bonds. The summed E-state index contributed by atoms with van der Waals surface area (Å²) >= 11 is 6.16. The number of hydrogen-bond acceptors (Lipinski definition) is 3. The fraction of sp³-hybridized carbons (Fsp3) is 0.600. The monoisotopic (exact) mass is 310 g/mol. The molecular weight excluding hydrogens is 288 g/mol. The minimum absolute atomic E-state index is 0.538. The van der Waals surface area contributed by atoms with Crippen LogP contribution >= 0.6 is 11.6 Å². The molecule has 5 nitrogen and oxygen atoms in total. The van der Waals surface area contributed by atoms with E-state index in [9.17, 15) is 5.11 Å². The van der Waals surface area contributed by atoms with Gasteiger partial charge in [-0.3, -0.25) is 9.36 Å². The lowest BCUT2D eigenvalue weighted by Crippen LogP contribution is -2.10. The fourth-order valence-electron chi connectivity index (χ4n) is 2.69. The van der Waals surface area contributed by atoms with Gasteiger partial charge in [0, 0.05) is 19.3 Å². The summed E-state index contributed by atoms with van der Waals surface area (Å²) in [5.41, 5.74) is 4.09. The van der Waals surface area contributed by atoms with Gasteiger partial charge in [0.15, 0.2) is 0 Å². The van der Waals surface area contributed by atoms with E-state index in [2.05, 4.69) is 24.0 Å². The Balaban J connectivity index is 2.11. The molecule has 21 heavy (non-hydrogen) atoms. The summed E-state index contributed by atoms with van der Waals surface area (Å²) in [7, 11) is 1.94. The summed E-state index contributed by atoms with van der Waals surface area (Å²) in [6.07, 6.45) is 3.35. The number of rotatable bonds is 6.